The highest BCUT2D eigenvalue weighted by molar-refractivity contribution is 6.30. The van der Waals surface area contributed by atoms with Gasteiger partial charge in [-0.3, -0.25) is 9.78 Å². The number of benzene rings is 1. The van der Waals surface area contributed by atoms with Crippen molar-refractivity contribution in [2.75, 3.05) is 5.32 Å². The van der Waals surface area contributed by atoms with Crippen LogP contribution in [0.15, 0.2) is 48.8 Å². The Kier molecular flexibility index (Phi) is 4.74. The van der Waals surface area contributed by atoms with Crippen molar-refractivity contribution in [2.24, 2.45) is 5.92 Å². The molecule has 3 nitrogen and oxygen atoms in total. The molecule has 0 aliphatic rings. The molecule has 104 valence electrons. The van der Waals surface area contributed by atoms with Crippen LogP contribution in [0, 0.1) is 5.92 Å². The molecular weight excluding hydrogens is 272 g/mol. The third-order valence-electron chi connectivity index (χ3n) is 3.13. The summed E-state index contributed by atoms with van der Waals surface area (Å²) in [4.78, 5) is 16.4. The highest BCUT2D eigenvalue weighted by atomic mass is 35.5. The Morgan fingerprint density at radius 2 is 1.70 bits per heavy atom. The summed E-state index contributed by atoms with van der Waals surface area (Å²) in [6.45, 7) is 4.07. The van der Waals surface area contributed by atoms with Crippen LogP contribution in [-0.4, -0.2) is 10.9 Å². The molecule has 1 aromatic heterocycles. The molecule has 1 aromatic carbocycles. The third kappa shape index (κ3) is 3.58. The van der Waals surface area contributed by atoms with Crippen molar-refractivity contribution in [3.63, 3.8) is 0 Å². The highest BCUT2D eigenvalue weighted by Crippen LogP contribution is 2.27. The van der Waals surface area contributed by atoms with Crippen molar-refractivity contribution < 1.29 is 4.79 Å². The number of anilines is 1. The van der Waals surface area contributed by atoms with Gasteiger partial charge in [0.25, 0.3) is 0 Å². The number of rotatable bonds is 4. The quantitative estimate of drug-likeness (QED) is 0.920. The fourth-order valence-electron chi connectivity index (χ4n) is 2.16. The smallest absolute Gasteiger partial charge is 0.232 e. The number of carbonyl (C=O) groups excluding carboxylic acids is 1. The Morgan fingerprint density at radius 1 is 1.10 bits per heavy atom. The Balaban J connectivity index is 2.20. The second-order valence-corrected chi connectivity index (χ2v) is 5.43. The number of carbonyl (C=O) groups is 1. The molecule has 0 spiro atoms. The van der Waals surface area contributed by atoms with E-state index in [0.717, 1.165) is 11.3 Å². The molecule has 2 rings (SSSR count). The lowest BCUT2D eigenvalue weighted by molar-refractivity contribution is -0.118. The standard InChI is InChI=1S/C16H17ClN2O/c1-11(2)15(12-3-5-13(17)6-4-12)16(20)19-14-7-9-18-10-8-14/h3-11,15H,1-2H3,(H,18,19,20)/t15-/m0/s1. The summed E-state index contributed by atoms with van der Waals surface area (Å²) in [5.74, 6) is -0.0352. The van der Waals surface area contributed by atoms with Crippen LogP contribution < -0.4 is 5.32 Å². The van der Waals surface area contributed by atoms with Gasteiger partial charge in [-0.05, 0) is 35.7 Å². The molecule has 0 fully saturated rings. The van der Waals surface area contributed by atoms with Gasteiger partial charge in [-0.25, -0.2) is 0 Å². The minimum absolute atomic E-state index is 0.0199. The molecule has 0 radical (unpaired) electrons. The molecule has 0 unspecified atom stereocenters. The van der Waals surface area contributed by atoms with Gasteiger partial charge in [0, 0.05) is 23.1 Å². The summed E-state index contributed by atoms with van der Waals surface area (Å²) in [5, 5.41) is 3.60. The van der Waals surface area contributed by atoms with Crippen LogP contribution >= 0.6 is 11.6 Å². The molecule has 1 amide bonds. The molecule has 1 N–H and O–H groups in total. The summed E-state index contributed by atoms with van der Waals surface area (Å²) in [6.07, 6.45) is 3.31. The van der Waals surface area contributed by atoms with Gasteiger partial charge in [-0.15, -0.1) is 0 Å². The van der Waals surface area contributed by atoms with Crippen molar-refractivity contribution in [3.8, 4) is 0 Å². The maximum Gasteiger partial charge on any atom is 0.232 e. The van der Waals surface area contributed by atoms with Crippen molar-refractivity contribution in [1.82, 2.24) is 4.98 Å². The van der Waals surface area contributed by atoms with E-state index in [1.807, 2.05) is 38.1 Å². The minimum Gasteiger partial charge on any atom is -0.325 e. The normalized spacial score (nSPS) is 12.2. The van der Waals surface area contributed by atoms with Crippen molar-refractivity contribution >= 4 is 23.2 Å². The van der Waals surface area contributed by atoms with Gasteiger partial charge < -0.3 is 5.32 Å². The zero-order valence-corrected chi connectivity index (χ0v) is 12.3. The maximum atomic E-state index is 12.5. The van der Waals surface area contributed by atoms with Crippen LogP contribution in [0.5, 0.6) is 0 Å². The number of halogens is 1. The third-order valence-corrected chi connectivity index (χ3v) is 3.38. The second kappa shape index (κ2) is 6.53. The largest absolute Gasteiger partial charge is 0.325 e. The van der Waals surface area contributed by atoms with Crippen molar-refractivity contribution in [2.45, 2.75) is 19.8 Å². The topological polar surface area (TPSA) is 42.0 Å². The zero-order chi connectivity index (χ0) is 14.5. The average Bonchev–Trinajstić information content (AvgIpc) is 2.42. The Morgan fingerprint density at radius 3 is 2.25 bits per heavy atom. The van der Waals surface area contributed by atoms with E-state index in [0.29, 0.717) is 5.02 Å². The van der Waals surface area contributed by atoms with Gasteiger partial charge in [0.05, 0.1) is 5.92 Å². The average molecular weight is 289 g/mol. The first-order valence-corrected chi connectivity index (χ1v) is 6.92. The van der Waals surface area contributed by atoms with Gasteiger partial charge in [-0.1, -0.05) is 37.6 Å². The molecule has 2 aromatic rings. The Labute approximate surface area is 124 Å². The van der Waals surface area contributed by atoms with E-state index >= 15 is 0 Å². The van der Waals surface area contributed by atoms with E-state index < -0.39 is 0 Å². The summed E-state index contributed by atoms with van der Waals surface area (Å²) in [7, 11) is 0. The summed E-state index contributed by atoms with van der Waals surface area (Å²) < 4.78 is 0. The van der Waals surface area contributed by atoms with E-state index in [-0.39, 0.29) is 17.7 Å². The first-order valence-electron chi connectivity index (χ1n) is 6.54. The van der Waals surface area contributed by atoms with E-state index in [4.69, 9.17) is 11.6 Å². The molecule has 1 atom stereocenters. The lowest BCUT2D eigenvalue weighted by Crippen LogP contribution is -2.25. The number of hydrogen-bond acceptors (Lipinski definition) is 2. The molecular formula is C16H17ClN2O. The fourth-order valence-corrected chi connectivity index (χ4v) is 2.29. The molecule has 0 saturated carbocycles. The minimum atomic E-state index is -0.208. The molecule has 4 heteroatoms. The molecule has 0 bridgehead atoms. The molecule has 1 heterocycles. The van der Waals surface area contributed by atoms with Crippen molar-refractivity contribution in [1.29, 1.82) is 0 Å². The summed E-state index contributed by atoms with van der Waals surface area (Å²) in [6, 6.07) is 11.0. The number of aromatic nitrogens is 1. The van der Waals surface area contributed by atoms with Crippen LogP contribution in [0.2, 0.25) is 5.02 Å². The molecule has 0 aliphatic heterocycles. The zero-order valence-electron chi connectivity index (χ0n) is 11.5. The van der Waals surface area contributed by atoms with E-state index in [9.17, 15) is 4.79 Å². The van der Waals surface area contributed by atoms with Gasteiger partial charge in [0.1, 0.15) is 0 Å². The first kappa shape index (κ1) is 14.5. The van der Waals surface area contributed by atoms with Crippen LogP contribution in [0.3, 0.4) is 0 Å². The molecule has 20 heavy (non-hydrogen) atoms. The number of pyridine rings is 1. The van der Waals surface area contributed by atoms with Crippen LogP contribution in [-0.2, 0) is 4.79 Å². The summed E-state index contributed by atoms with van der Waals surface area (Å²) >= 11 is 5.90. The van der Waals surface area contributed by atoms with E-state index in [2.05, 4.69) is 10.3 Å². The Hall–Kier alpha value is -1.87. The SMILES string of the molecule is CC(C)[C@H](C(=O)Nc1ccncc1)c1ccc(Cl)cc1. The summed E-state index contributed by atoms with van der Waals surface area (Å²) in [5.41, 5.74) is 1.72. The Bertz CT molecular complexity index is 567. The predicted molar refractivity (Wildman–Crippen MR) is 81.9 cm³/mol. The lowest BCUT2D eigenvalue weighted by atomic mass is 9.87. The van der Waals surface area contributed by atoms with E-state index in [1.165, 1.54) is 0 Å². The van der Waals surface area contributed by atoms with E-state index in [1.54, 1.807) is 24.5 Å². The lowest BCUT2D eigenvalue weighted by Gasteiger charge is -2.20. The van der Waals surface area contributed by atoms with Crippen LogP contribution in [0.25, 0.3) is 0 Å². The molecule has 0 aliphatic carbocycles. The number of nitrogens with zero attached hydrogens (tertiary/aromatic N) is 1. The van der Waals surface area contributed by atoms with Gasteiger partial charge >= 0.3 is 0 Å². The van der Waals surface area contributed by atoms with Gasteiger partial charge in [0.15, 0.2) is 0 Å². The number of amides is 1. The highest BCUT2D eigenvalue weighted by Gasteiger charge is 2.24. The van der Waals surface area contributed by atoms with Crippen molar-refractivity contribution in [3.05, 3.63) is 59.4 Å². The number of nitrogens with one attached hydrogen (secondary N) is 1. The van der Waals surface area contributed by atoms with Gasteiger partial charge in [-0.2, -0.15) is 0 Å². The maximum absolute atomic E-state index is 12.5. The monoisotopic (exact) mass is 288 g/mol. The van der Waals surface area contributed by atoms with Crippen LogP contribution in [0.1, 0.15) is 25.3 Å². The van der Waals surface area contributed by atoms with Crippen LogP contribution in [0.4, 0.5) is 5.69 Å². The number of hydrogen-bond donors (Lipinski definition) is 1. The second-order valence-electron chi connectivity index (χ2n) is 5.00. The van der Waals surface area contributed by atoms with Gasteiger partial charge in [0.2, 0.25) is 5.91 Å². The first-order chi connectivity index (χ1) is 9.58. The fraction of sp³-hybridized carbons (Fsp3) is 0.250. The molecule has 0 saturated heterocycles. The predicted octanol–water partition coefficient (Wildman–Crippen LogP) is 4.11.